The minimum atomic E-state index is -1.10. The molecule has 1 aliphatic rings. The first kappa shape index (κ1) is 22.6. The maximum Gasteiger partial charge on any atom is 0.310 e. The maximum absolute atomic E-state index is 12.4. The maximum atomic E-state index is 12.4. The molecular weight excluding hydrogens is 394 g/mol. The number of anilines is 1. The van der Waals surface area contributed by atoms with E-state index in [2.05, 4.69) is 43.9 Å². The van der Waals surface area contributed by atoms with Crippen LogP contribution in [0.4, 0.5) is 5.69 Å². The minimum Gasteiger partial charge on any atom is -0.460 e. The Hall–Kier alpha value is -2.12. The van der Waals surface area contributed by atoms with Crippen molar-refractivity contribution in [3.63, 3.8) is 0 Å². The van der Waals surface area contributed by atoms with Gasteiger partial charge in [-0.25, -0.2) is 4.68 Å². The SMILES string of the molecule is CN1Cc2cn(COCC[Si](C)(C)C)nc2-c2cccc(CC(=O)OC(C)(C)C)c21. The number of hydrogen-bond acceptors (Lipinski definition) is 5. The molecule has 1 aromatic carbocycles. The van der Waals surface area contributed by atoms with E-state index in [0.717, 1.165) is 41.7 Å². The summed E-state index contributed by atoms with van der Waals surface area (Å²) in [6, 6.07) is 7.21. The van der Waals surface area contributed by atoms with Crippen molar-refractivity contribution in [2.24, 2.45) is 0 Å². The first-order valence-corrected chi connectivity index (χ1v) is 14.3. The summed E-state index contributed by atoms with van der Waals surface area (Å²) in [5.41, 5.74) is 4.74. The van der Waals surface area contributed by atoms with Crippen molar-refractivity contribution < 1.29 is 14.3 Å². The van der Waals surface area contributed by atoms with Crippen molar-refractivity contribution in [2.45, 2.75) is 71.8 Å². The Bertz CT molecular complexity index is 909. The standard InChI is InChI=1S/C23H35N3O3Si/c1-23(2,3)29-20(27)13-17-9-8-10-19-21-18(14-25(4)22(17)19)15-26(24-21)16-28-11-12-30(5,6)7/h8-10,15H,11-14,16H2,1-7H3. The summed E-state index contributed by atoms with van der Waals surface area (Å²) in [5.74, 6) is -0.212. The summed E-state index contributed by atoms with van der Waals surface area (Å²) in [6.07, 6.45) is 2.32. The molecule has 0 radical (unpaired) electrons. The molecule has 2 aromatic rings. The molecule has 0 N–H and O–H groups in total. The molecule has 30 heavy (non-hydrogen) atoms. The Morgan fingerprint density at radius 2 is 1.97 bits per heavy atom. The lowest BCUT2D eigenvalue weighted by Crippen LogP contribution is -2.27. The fourth-order valence-corrected chi connectivity index (χ4v) is 4.41. The number of fused-ring (bicyclic) bond motifs is 3. The largest absolute Gasteiger partial charge is 0.460 e. The van der Waals surface area contributed by atoms with Gasteiger partial charge in [-0.05, 0) is 32.4 Å². The lowest BCUT2D eigenvalue weighted by molar-refractivity contribution is -0.153. The number of esters is 1. The highest BCUT2D eigenvalue weighted by Gasteiger charge is 2.27. The second-order valence-electron chi connectivity index (χ2n) is 10.3. The smallest absolute Gasteiger partial charge is 0.310 e. The van der Waals surface area contributed by atoms with E-state index in [-0.39, 0.29) is 12.4 Å². The van der Waals surface area contributed by atoms with E-state index in [1.807, 2.05) is 37.6 Å². The van der Waals surface area contributed by atoms with Crippen molar-refractivity contribution in [1.82, 2.24) is 9.78 Å². The molecule has 0 aliphatic carbocycles. The van der Waals surface area contributed by atoms with E-state index < -0.39 is 13.7 Å². The number of hydrogen-bond donors (Lipinski definition) is 0. The number of aromatic nitrogens is 2. The zero-order valence-electron chi connectivity index (χ0n) is 19.4. The second kappa shape index (κ2) is 8.55. The van der Waals surface area contributed by atoms with Gasteiger partial charge in [0.25, 0.3) is 0 Å². The van der Waals surface area contributed by atoms with E-state index >= 15 is 0 Å². The lowest BCUT2D eigenvalue weighted by Gasteiger charge is -2.29. The highest BCUT2D eigenvalue weighted by molar-refractivity contribution is 6.76. The number of carbonyl (C=O) groups excluding carboxylic acids is 1. The van der Waals surface area contributed by atoms with Crippen LogP contribution in [0.3, 0.4) is 0 Å². The van der Waals surface area contributed by atoms with Crippen LogP contribution in [0.1, 0.15) is 31.9 Å². The summed E-state index contributed by atoms with van der Waals surface area (Å²) in [5, 5.41) is 4.80. The van der Waals surface area contributed by atoms with Crippen LogP contribution in [0.2, 0.25) is 25.7 Å². The van der Waals surface area contributed by atoms with Gasteiger partial charge >= 0.3 is 5.97 Å². The number of rotatable bonds is 7. The molecule has 2 heterocycles. The van der Waals surface area contributed by atoms with Crippen LogP contribution in [0.15, 0.2) is 24.4 Å². The van der Waals surface area contributed by atoms with E-state index in [1.165, 1.54) is 5.56 Å². The summed E-state index contributed by atoms with van der Waals surface area (Å²) in [6.45, 7) is 14.7. The van der Waals surface area contributed by atoms with Crippen molar-refractivity contribution in [3.8, 4) is 11.3 Å². The minimum absolute atomic E-state index is 0.212. The molecule has 1 aliphatic heterocycles. The quantitative estimate of drug-likeness (QED) is 0.363. The van der Waals surface area contributed by atoms with Gasteiger partial charge in [0.1, 0.15) is 12.3 Å². The Morgan fingerprint density at radius 3 is 2.63 bits per heavy atom. The molecule has 3 rings (SSSR count). The summed E-state index contributed by atoms with van der Waals surface area (Å²) >= 11 is 0. The molecule has 7 heteroatoms. The molecule has 1 aromatic heterocycles. The van der Waals surface area contributed by atoms with Crippen LogP contribution in [-0.2, 0) is 34.0 Å². The van der Waals surface area contributed by atoms with Crippen LogP contribution in [-0.4, -0.2) is 43.1 Å². The van der Waals surface area contributed by atoms with Crippen LogP contribution in [0.5, 0.6) is 0 Å². The number of nitrogens with zero attached hydrogens (tertiary/aromatic N) is 3. The van der Waals surface area contributed by atoms with Crippen LogP contribution >= 0.6 is 0 Å². The van der Waals surface area contributed by atoms with Crippen LogP contribution < -0.4 is 4.90 Å². The molecule has 0 fully saturated rings. The van der Waals surface area contributed by atoms with Crippen LogP contribution in [0, 0.1) is 0 Å². The highest BCUT2D eigenvalue weighted by atomic mass is 28.3. The van der Waals surface area contributed by atoms with Gasteiger partial charge in [0.05, 0.1) is 17.8 Å². The molecule has 0 saturated heterocycles. The second-order valence-corrected chi connectivity index (χ2v) is 15.9. The Kier molecular flexibility index (Phi) is 6.43. The van der Waals surface area contributed by atoms with E-state index in [9.17, 15) is 4.79 Å². The van der Waals surface area contributed by atoms with Crippen molar-refractivity contribution in [3.05, 3.63) is 35.5 Å². The first-order valence-electron chi connectivity index (χ1n) is 10.6. The average molecular weight is 430 g/mol. The van der Waals surface area contributed by atoms with Crippen molar-refractivity contribution in [2.75, 3.05) is 18.6 Å². The van der Waals surface area contributed by atoms with Gasteiger partial charge < -0.3 is 14.4 Å². The van der Waals surface area contributed by atoms with Gasteiger partial charge in [-0.15, -0.1) is 0 Å². The lowest BCUT2D eigenvalue weighted by atomic mass is 9.95. The molecule has 164 valence electrons. The van der Waals surface area contributed by atoms with E-state index in [0.29, 0.717) is 6.73 Å². The molecule has 0 atom stereocenters. The predicted molar refractivity (Wildman–Crippen MR) is 123 cm³/mol. The molecule has 0 saturated carbocycles. The Morgan fingerprint density at radius 1 is 1.23 bits per heavy atom. The average Bonchev–Trinajstić information content (AvgIpc) is 2.99. The van der Waals surface area contributed by atoms with Gasteiger partial charge in [0.2, 0.25) is 0 Å². The number of ether oxygens (including phenoxy) is 2. The summed E-state index contributed by atoms with van der Waals surface area (Å²) in [4.78, 5) is 14.6. The van der Waals surface area contributed by atoms with E-state index in [4.69, 9.17) is 14.6 Å². The van der Waals surface area contributed by atoms with Crippen molar-refractivity contribution >= 4 is 19.7 Å². The summed E-state index contributed by atoms with van der Waals surface area (Å²) in [7, 11) is 0.962. The Balaban J connectivity index is 1.78. The predicted octanol–water partition coefficient (Wildman–Crippen LogP) is 4.70. The number of benzene rings is 1. The van der Waals surface area contributed by atoms with Crippen molar-refractivity contribution in [1.29, 1.82) is 0 Å². The molecule has 0 bridgehead atoms. The van der Waals surface area contributed by atoms with Crippen LogP contribution in [0.25, 0.3) is 11.3 Å². The highest BCUT2D eigenvalue weighted by Crippen LogP contribution is 2.40. The fraction of sp³-hybridized carbons (Fsp3) is 0.565. The van der Waals surface area contributed by atoms with Gasteiger partial charge in [0.15, 0.2) is 0 Å². The zero-order valence-corrected chi connectivity index (χ0v) is 20.4. The Labute approximate surface area is 181 Å². The molecular formula is C23H35N3O3Si. The van der Waals surface area contributed by atoms with Gasteiger partial charge in [-0.3, -0.25) is 4.79 Å². The fourth-order valence-electron chi connectivity index (χ4n) is 3.65. The topological polar surface area (TPSA) is 56.6 Å². The molecule has 0 spiro atoms. The monoisotopic (exact) mass is 429 g/mol. The van der Waals surface area contributed by atoms with Gasteiger partial charge in [-0.2, -0.15) is 5.10 Å². The first-order chi connectivity index (χ1) is 13.9. The van der Waals surface area contributed by atoms with Gasteiger partial charge in [-0.1, -0.05) is 37.8 Å². The van der Waals surface area contributed by atoms with Gasteiger partial charge in [0, 0.05) is 45.6 Å². The number of para-hydroxylation sites is 1. The normalized spacial score (nSPS) is 13.8. The molecule has 0 amide bonds. The third-order valence-corrected chi connectivity index (χ3v) is 6.68. The third-order valence-electron chi connectivity index (χ3n) is 4.98. The molecule has 0 unspecified atom stereocenters. The third kappa shape index (κ3) is 5.73. The molecule has 6 nitrogen and oxygen atoms in total. The zero-order chi connectivity index (χ0) is 22.1. The van der Waals surface area contributed by atoms with E-state index in [1.54, 1.807) is 0 Å². The summed E-state index contributed by atoms with van der Waals surface area (Å²) < 4.78 is 13.3. The number of carbonyl (C=O) groups is 1.